The highest BCUT2D eigenvalue weighted by atomic mass is 35.5. The lowest BCUT2D eigenvalue weighted by Gasteiger charge is -2.35. The molecular formula is C27H18ClF3N6O2. The maximum Gasteiger partial charge on any atom is 0.470 e. The number of hydrogen-bond donors (Lipinski definition) is 2. The summed E-state index contributed by atoms with van der Waals surface area (Å²) >= 11 is 6.34. The number of H-pyrrole nitrogens is 1. The number of hydrogen-bond acceptors (Lipinski definition) is 7. The van der Waals surface area contributed by atoms with Gasteiger partial charge in [-0.2, -0.15) is 18.4 Å². The Morgan fingerprint density at radius 1 is 1.13 bits per heavy atom. The molecule has 0 aliphatic carbocycles. The normalized spacial score (nSPS) is 19.5. The van der Waals surface area contributed by atoms with Gasteiger partial charge in [0, 0.05) is 41.6 Å². The molecule has 1 saturated heterocycles. The van der Waals surface area contributed by atoms with Gasteiger partial charge in [-0.1, -0.05) is 35.9 Å². The summed E-state index contributed by atoms with van der Waals surface area (Å²) in [7, 11) is 0. The minimum Gasteiger partial charge on any atom is -0.411 e. The highest BCUT2D eigenvalue weighted by Crippen LogP contribution is 2.49. The van der Waals surface area contributed by atoms with Crippen LogP contribution < -0.4 is 4.90 Å². The number of pyridine rings is 1. The van der Waals surface area contributed by atoms with Crippen LogP contribution in [0.15, 0.2) is 71.3 Å². The third-order valence-electron chi connectivity index (χ3n) is 6.90. The highest BCUT2D eigenvalue weighted by Gasteiger charge is 2.49. The minimum absolute atomic E-state index is 0.0428. The molecule has 12 heteroatoms. The van der Waals surface area contributed by atoms with E-state index in [1.54, 1.807) is 24.3 Å². The van der Waals surface area contributed by atoms with Crippen LogP contribution in [-0.4, -0.2) is 31.8 Å². The molecule has 196 valence electrons. The topological polar surface area (TPSA) is 115 Å². The van der Waals surface area contributed by atoms with Crippen LogP contribution in [0.1, 0.15) is 35.2 Å². The number of anilines is 1. The molecule has 2 atom stereocenters. The van der Waals surface area contributed by atoms with E-state index in [1.807, 2.05) is 35.2 Å². The standard InChI is InChI=1S/C27H18ClF3N6O2/c28-19-12-18(7-5-16(19)13-32)37-10-9-26(38,23(37)22-11-15-3-1-2-4-20(15)34-22)17-6-8-21(33-14-17)24-35-36-25(39-24)27(29,30)31/h1-8,11-12,14,23,34,38H,9-10H2/t23-,26+/m0/s1. The highest BCUT2D eigenvalue weighted by molar-refractivity contribution is 6.32. The Kier molecular flexibility index (Phi) is 5.82. The van der Waals surface area contributed by atoms with Crippen LogP contribution in [0.25, 0.3) is 22.5 Å². The maximum atomic E-state index is 12.9. The number of aromatic amines is 1. The average molecular weight is 551 g/mol. The van der Waals surface area contributed by atoms with Crippen molar-refractivity contribution in [3.8, 4) is 17.7 Å². The Morgan fingerprint density at radius 3 is 2.62 bits per heavy atom. The number of para-hydroxylation sites is 1. The monoisotopic (exact) mass is 550 g/mol. The van der Waals surface area contributed by atoms with Crippen LogP contribution in [0.4, 0.5) is 18.9 Å². The van der Waals surface area contributed by atoms with Gasteiger partial charge in [0.1, 0.15) is 23.4 Å². The van der Waals surface area contributed by atoms with Gasteiger partial charge in [-0.05, 0) is 41.8 Å². The average Bonchev–Trinajstić information content (AvgIpc) is 3.65. The van der Waals surface area contributed by atoms with Crippen LogP contribution in [0.5, 0.6) is 0 Å². The van der Waals surface area contributed by atoms with Crippen LogP contribution in [0, 0.1) is 11.3 Å². The number of rotatable bonds is 4. The van der Waals surface area contributed by atoms with Gasteiger partial charge in [0.25, 0.3) is 5.89 Å². The number of aliphatic hydroxyl groups is 1. The second-order valence-corrected chi connectivity index (χ2v) is 9.61. The van der Waals surface area contributed by atoms with Crippen molar-refractivity contribution in [3.05, 3.63) is 94.6 Å². The molecule has 0 unspecified atom stereocenters. The molecule has 8 nitrogen and oxygen atoms in total. The first-order valence-corrected chi connectivity index (χ1v) is 12.2. The molecule has 5 aromatic rings. The summed E-state index contributed by atoms with van der Waals surface area (Å²) in [5.41, 5.74) is 1.74. The number of nitrogens with zero attached hydrogens (tertiary/aromatic N) is 5. The van der Waals surface area contributed by atoms with Gasteiger partial charge < -0.3 is 19.4 Å². The van der Waals surface area contributed by atoms with E-state index in [-0.39, 0.29) is 11.6 Å². The first-order valence-electron chi connectivity index (χ1n) is 11.8. The van der Waals surface area contributed by atoms with E-state index in [1.165, 1.54) is 12.3 Å². The Morgan fingerprint density at radius 2 is 1.95 bits per heavy atom. The predicted octanol–water partition coefficient (Wildman–Crippen LogP) is 6.00. The number of aromatic nitrogens is 4. The Hall–Kier alpha value is -4.40. The number of nitriles is 1. The van der Waals surface area contributed by atoms with Gasteiger partial charge in [-0.15, -0.1) is 10.2 Å². The van der Waals surface area contributed by atoms with Gasteiger partial charge in [-0.25, -0.2) is 0 Å². The minimum atomic E-state index is -4.77. The fourth-order valence-electron chi connectivity index (χ4n) is 5.05. The summed E-state index contributed by atoms with van der Waals surface area (Å²) < 4.78 is 43.4. The summed E-state index contributed by atoms with van der Waals surface area (Å²) in [6.07, 6.45) is -3.06. The summed E-state index contributed by atoms with van der Waals surface area (Å²) in [6, 6.07) is 19.3. The molecule has 2 N–H and O–H groups in total. The van der Waals surface area contributed by atoms with E-state index in [9.17, 15) is 23.5 Å². The summed E-state index contributed by atoms with van der Waals surface area (Å²) in [5, 5.41) is 29.2. The van der Waals surface area contributed by atoms with Crippen molar-refractivity contribution >= 4 is 28.2 Å². The third kappa shape index (κ3) is 4.27. The number of benzene rings is 2. The number of nitrogens with one attached hydrogen (secondary N) is 1. The van der Waals surface area contributed by atoms with Crippen molar-refractivity contribution in [1.29, 1.82) is 5.26 Å². The van der Waals surface area contributed by atoms with Gasteiger partial charge in [0.15, 0.2) is 0 Å². The Labute approximate surface area is 224 Å². The molecular weight excluding hydrogens is 533 g/mol. The molecule has 6 rings (SSSR count). The van der Waals surface area contributed by atoms with Gasteiger partial charge in [-0.3, -0.25) is 4.98 Å². The maximum absolute atomic E-state index is 12.9. The molecule has 3 aromatic heterocycles. The van der Waals surface area contributed by atoms with E-state index in [2.05, 4.69) is 26.2 Å². The molecule has 0 radical (unpaired) electrons. The zero-order valence-corrected chi connectivity index (χ0v) is 20.7. The van der Waals surface area contributed by atoms with Gasteiger partial charge in [0.2, 0.25) is 0 Å². The van der Waals surface area contributed by atoms with Crippen molar-refractivity contribution in [1.82, 2.24) is 20.2 Å². The van der Waals surface area contributed by atoms with Crippen molar-refractivity contribution in [2.75, 3.05) is 11.4 Å². The van der Waals surface area contributed by atoms with E-state index in [4.69, 9.17) is 16.0 Å². The van der Waals surface area contributed by atoms with Crippen molar-refractivity contribution in [2.24, 2.45) is 0 Å². The summed E-state index contributed by atoms with van der Waals surface area (Å²) in [6.45, 7) is 0.444. The zero-order chi connectivity index (χ0) is 27.4. The zero-order valence-electron chi connectivity index (χ0n) is 19.9. The van der Waals surface area contributed by atoms with E-state index in [0.717, 1.165) is 16.6 Å². The van der Waals surface area contributed by atoms with Crippen LogP contribution in [0.2, 0.25) is 5.02 Å². The quantitative estimate of drug-likeness (QED) is 0.282. The molecule has 4 heterocycles. The van der Waals surface area contributed by atoms with Crippen LogP contribution >= 0.6 is 11.6 Å². The first kappa shape index (κ1) is 24.9. The Bertz CT molecular complexity index is 1690. The largest absolute Gasteiger partial charge is 0.470 e. The lowest BCUT2D eigenvalue weighted by molar-refractivity contribution is -0.156. The van der Waals surface area contributed by atoms with Crippen molar-refractivity contribution in [3.63, 3.8) is 0 Å². The lowest BCUT2D eigenvalue weighted by atomic mass is 9.85. The van der Waals surface area contributed by atoms with Crippen LogP contribution in [-0.2, 0) is 11.8 Å². The van der Waals surface area contributed by atoms with Crippen LogP contribution in [0.3, 0.4) is 0 Å². The summed E-state index contributed by atoms with van der Waals surface area (Å²) in [5.74, 6) is -1.85. The Balaban J connectivity index is 1.41. The van der Waals surface area contributed by atoms with E-state index in [0.29, 0.717) is 34.8 Å². The SMILES string of the molecule is N#Cc1ccc(N2CC[C@@](O)(c3ccc(-c4nnc(C(F)(F)F)o4)nc3)[C@@H]2c2cc3ccccc3[nH]2)cc1Cl. The van der Waals surface area contributed by atoms with Gasteiger partial charge >= 0.3 is 12.1 Å². The third-order valence-corrected chi connectivity index (χ3v) is 7.21. The number of alkyl halides is 3. The van der Waals surface area contributed by atoms with E-state index >= 15 is 0 Å². The lowest BCUT2D eigenvalue weighted by Crippen LogP contribution is -2.36. The number of fused-ring (bicyclic) bond motifs is 1. The molecule has 1 aliphatic rings. The molecule has 1 aliphatic heterocycles. The molecule has 0 saturated carbocycles. The fourth-order valence-corrected chi connectivity index (χ4v) is 5.27. The first-order chi connectivity index (χ1) is 18.7. The molecule has 0 amide bonds. The molecule has 0 spiro atoms. The molecule has 2 aromatic carbocycles. The van der Waals surface area contributed by atoms with Crippen molar-refractivity contribution < 1.29 is 22.7 Å². The molecule has 1 fully saturated rings. The predicted molar refractivity (Wildman–Crippen MR) is 136 cm³/mol. The van der Waals surface area contributed by atoms with Crippen molar-refractivity contribution in [2.45, 2.75) is 24.2 Å². The second-order valence-electron chi connectivity index (χ2n) is 9.20. The fraction of sp³-hybridized carbons (Fsp3) is 0.185. The van der Waals surface area contributed by atoms with E-state index < -0.39 is 23.7 Å². The summed E-state index contributed by atoms with van der Waals surface area (Å²) in [4.78, 5) is 9.64. The molecule has 0 bridgehead atoms. The number of halogens is 4. The molecule has 39 heavy (non-hydrogen) atoms. The smallest absolute Gasteiger partial charge is 0.411 e. The second kappa shape index (κ2) is 9.11. The van der Waals surface area contributed by atoms with Gasteiger partial charge in [0.05, 0.1) is 10.6 Å².